The van der Waals surface area contributed by atoms with E-state index in [1.807, 2.05) is 0 Å². The number of amides is 1. The summed E-state index contributed by atoms with van der Waals surface area (Å²) >= 11 is 0. The van der Waals surface area contributed by atoms with Gasteiger partial charge in [-0.3, -0.25) is 9.52 Å². The number of anilines is 1. The third kappa shape index (κ3) is 4.48. The highest BCUT2D eigenvalue weighted by atomic mass is 32.2. The Kier molecular flexibility index (Phi) is 5.54. The van der Waals surface area contributed by atoms with E-state index in [2.05, 4.69) is 14.1 Å². The van der Waals surface area contributed by atoms with E-state index in [0.717, 1.165) is 0 Å². The molecule has 0 aliphatic heterocycles. The number of nitrogens with one attached hydrogen (secondary N) is 1. The van der Waals surface area contributed by atoms with Crippen molar-refractivity contribution in [2.75, 3.05) is 25.1 Å². The van der Waals surface area contributed by atoms with E-state index in [4.69, 9.17) is 0 Å². The molecule has 9 nitrogen and oxygen atoms in total. The topological polar surface area (TPSA) is 114 Å². The molecule has 2 aromatic rings. The van der Waals surface area contributed by atoms with E-state index in [9.17, 15) is 17.4 Å². The van der Waals surface area contributed by atoms with Gasteiger partial charge in [0.15, 0.2) is 5.03 Å². The predicted octanol–water partition coefficient (Wildman–Crippen LogP) is 1.24. The third-order valence-electron chi connectivity index (χ3n) is 3.68. The van der Waals surface area contributed by atoms with E-state index < -0.39 is 25.8 Å². The lowest BCUT2D eigenvalue weighted by Gasteiger charge is -2.11. The summed E-state index contributed by atoms with van der Waals surface area (Å²) in [7, 11) is -1.79. The first-order valence-electron chi connectivity index (χ1n) is 7.49. The molecule has 1 amide bonds. The van der Waals surface area contributed by atoms with Gasteiger partial charge in [-0.2, -0.15) is 8.42 Å². The molecule has 1 atom stereocenters. The van der Waals surface area contributed by atoms with Crippen LogP contribution in [0.5, 0.6) is 0 Å². The minimum Gasteiger partial charge on any atom is -0.337 e. The van der Waals surface area contributed by atoms with Crippen LogP contribution in [0.25, 0.3) is 0 Å². The Morgan fingerprint density at radius 1 is 1.19 bits per heavy atom. The average molecular weight is 399 g/mol. The number of aromatic nitrogens is 2. The Balaban J connectivity index is 2.22. The first kappa shape index (κ1) is 20.1. The molecule has 26 heavy (non-hydrogen) atoms. The normalized spacial score (nSPS) is 14.1. The van der Waals surface area contributed by atoms with Crippen molar-refractivity contribution in [3.05, 3.63) is 41.9 Å². The standard InChI is InChI=1S/C15H21N5O4S2/c1-11-16-14(10-20(11)4)26(23,24)17-13-8-6-12(7-9-13)15(21)18-25(5,22)19(2)3/h6-10,17H,1-5H3. The number of hydrogen-bond acceptors (Lipinski definition) is 5. The van der Waals surface area contributed by atoms with Gasteiger partial charge in [-0.05, 0) is 31.2 Å². The summed E-state index contributed by atoms with van der Waals surface area (Å²) in [6.07, 6.45) is 2.77. The van der Waals surface area contributed by atoms with Crippen molar-refractivity contribution in [2.45, 2.75) is 11.9 Å². The maximum absolute atomic E-state index is 12.3. The van der Waals surface area contributed by atoms with Gasteiger partial charge in [-0.1, -0.05) is 0 Å². The number of carbonyl (C=O) groups is 1. The fourth-order valence-corrected chi connectivity index (χ4v) is 3.51. The average Bonchev–Trinajstić information content (AvgIpc) is 2.87. The summed E-state index contributed by atoms with van der Waals surface area (Å²) in [5.74, 6) is -0.0713. The summed E-state index contributed by atoms with van der Waals surface area (Å²) in [4.78, 5) is 16.1. The number of aryl methyl sites for hydroxylation is 2. The van der Waals surface area contributed by atoms with E-state index in [-0.39, 0.29) is 16.3 Å². The van der Waals surface area contributed by atoms with Crippen LogP contribution in [-0.2, 0) is 27.0 Å². The summed E-state index contributed by atoms with van der Waals surface area (Å²) in [5, 5.41) is -0.0932. The van der Waals surface area contributed by atoms with Crippen molar-refractivity contribution < 1.29 is 17.4 Å². The molecule has 11 heteroatoms. The zero-order chi connectivity index (χ0) is 19.7. The van der Waals surface area contributed by atoms with Crippen LogP contribution in [0.1, 0.15) is 16.2 Å². The summed E-state index contributed by atoms with van der Waals surface area (Å²) in [6, 6.07) is 5.70. The number of nitrogens with zero attached hydrogens (tertiary/aromatic N) is 4. The highest BCUT2D eigenvalue weighted by Crippen LogP contribution is 2.17. The molecule has 0 saturated heterocycles. The second kappa shape index (κ2) is 7.17. The molecule has 0 saturated carbocycles. The van der Waals surface area contributed by atoms with Gasteiger partial charge in [-0.15, -0.1) is 4.36 Å². The lowest BCUT2D eigenvalue weighted by molar-refractivity contribution is 0.100. The quantitative estimate of drug-likeness (QED) is 0.813. The predicted molar refractivity (Wildman–Crippen MR) is 99.7 cm³/mol. The maximum Gasteiger partial charge on any atom is 0.286 e. The van der Waals surface area contributed by atoms with Crippen molar-refractivity contribution in [3.63, 3.8) is 0 Å². The van der Waals surface area contributed by atoms with E-state index in [0.29, 0.717) is 5.82 Å². The van der Waals surface area contributed by atoms with Crippen LogP contribution in [0, 0.1) is 6.92 Å². The van der Waals surface area contributed by atoms with Gasteiger partial charge < -0.3 is 4.57 Å². The monoisotopic (exact) mass is 399 g/mol. The molecule has 2 rings (SSSR count). The lowest BCUT2D eigenvalue weighted by Crippen LogP contribution is -2.21. The van der Waals surface area contributed by atoms with Gasteiger partial charge in [0.1, 0.15) is 15.7 Å². The molecule has 1 aromatic heterocycles. The fraction of sp³-hybridized carbons (Fsp3) is 0.333. The number of carbonyl (C=O) groups excluding carboxylic acids is 1. The minimum atomic E-state index is -3.83. The molecule has 0 bridgehead atoms. The van der Waals surface area contributed by atoms with Crippen LogP contribution in [0.2, 0.25) is 0 Å². The van der Waals surface area contributed by atoms with Gasteiger partial charge in [0, 0.05) is 44.8 Å². The third-order valence-corrected chi connectivity index (χ3v) is 6.79. The molecule has 1 N–H and O–H groups in total. The molecule has 0 spiro atoms. The van der Waals surface area contributed by atoms with Crippen LogP contribution < -0.4 is 4.72 Å². The zero-order valence-corrected chi connectivity index (χ0v) is 16.8. The molecule has 0 aliphatic carbocycles. The Hall–Kier alpha value is -2.24. The van der Waals surface area contributed by atoms with Crippen molar-refractivity contribution >= 4 is 31.5 Å². The van der Waals surface area contributed by atoms with Gasteiger partial charge in [0.2, 0.25) is 0 Å². The lowest BCUT2D eigenvalue weighted by atomic mass is 10.2. The van der Waals surface area contributed by atoms with Crippen LogP contribution in [0.4, 0.5) is 5.69 Å². The fourth-order valence-electron chi connectivity index (χ4n) is 1.83. The maximum atomic E-state index is 12.3. The molecular formula is C15H21N5O4S2. The number of benzene rings is 1. The Morgan fingerprint density at radius 2 is 1.77 bits per heavy atom. The number of sulfonamides is 1. The number of rotatable bonds is 5. The molecule has 0 radical (unpaired) electrons. The second-order valence-corrected chi connectivity index (χ2v) is 9.96. The van der Waals surface area contributed by atoms with E-state index in [1.165, 1.54) is 41.0 Å². The van der Waals surface area contributed by atoms with Crippen LogP contribution in [0.3, 0.4) is 0 Å². The molecule has 1 heterocycles. The first-order valence-corrected chi connectivity index (χ1v) is 10.9. The number of imidazole rings is 1. The van der Waals surface area contributed by atoms with Crippen molar-refractivity contribution in [3.8, 4) is 0 Å². The Labute approximate surface area is 153 Å². The largest absolute Gasteiger partial charge is 0.337 e. The smallest absolute Gasteiger partial charge is 0.286 e. The van der Waals surface area contributed by atoms with Gasteiger partial charge in [0.25, 0.3) is 15.9 Å². The summed E-state index contributed by atoms with van der Waals surface area (Å²) < 4.78 is 45.9. The van der Waals surface area contributed by atoms with Crippen molar-refractivity contribution in [1.82, 2.24) is 13.9 Å². The molecule has 1 aromatic carbocycles. The first-order chi connectivity index (χ1) is 11.9. The van der Waals surface area contributed by atoms with Crippen molar-refractivity contribution in [1.29, 1.82) is 0 Å². The van der Waals surface area contributed by atoms with Gasteiger partial charge in [0.05, 0.1) is 0 Å². The van der Waals surface area contributed by atoms with E-state index >= 15 is 0 Å². The summed E-state index contributed by atoms with van der Waals surface area (Å²) in [5.41, 5.74) is 0.479. The highest BCUT2D eigenvalue weighted by molar-refractivity contribution is 7.92. The SMILES string of the molecule is Cc1nc(S(=O)(=O)Nc2ccc(C(=O)N=S(C)(=O)N(C)C)cc2)cn1C. The molecule has 0 fully saturated rings. The van der Waals surface area contributed by atoms with E-state index in [1.54, 1.807) is 32.6 Å². The Morgan fingerprint density at radius 3 is 2.23 bits per heavy atom. The highest BCUT2D eigenvalue weighted by Gasteiger charge is 2.19. The Bertz CT molecular complexity index is 1030. The van der Waals surface area contributed by atoms with Crippen molar-refractivity contribution in [2.24, 2.45) is 11.4 Å². The van der Waals surface area contributed by atoms with Gasteiger partial charge >= 0.3 is 0 Å². The molecule has 1 unspecified atom stereocenters. The second-order valence-electron chi connectivity index (χ2n) is 5.89. The van der Waals surface area contributed by atoms with Crippen LogP contribution in [0.15, 0.2) is 39.9 Å². The number of hydrogen-bond donors (Lipinski definition) is 1. The molecular weight excluding hydrogens is 378 g/mol. The molecule has 0 aliphatic rings. The van der Waals surface area contributed by atoms with Crippen LogP contribution >= 0.6 is 0 Å². The molecule has 142 valence electrons. The van der Waals surface area contributed by atoms with Crippen LogP contribution in [-0.4, -0.2) is 52.7 Å². The summed E-state index contributed by atoms with van der Waals surface area (Å²) in [6.45, 7) is 1.70. The minimum absolute atomic E-state index is 0.0932. The zero-order valence-electron chi connectivity index (χ0n) is 15.1. The van der Waals surface area contributed by atoms with Gasteiger partial charge in [-0.25, -0.2) is 13.5 Å².